The number of amides is 1. The van der Waals surface area contributed by atoms with E-state index in [1.54, 1.807) is 34.8 Å². The molecule has 1 aromatic heterocycles. The van der Waals surface area contributed by atoms with E-state index in [-0.39, 0.29) is 17.8 Å². The van der Waals surface area contributed by atoms with E-state index in [0.29, 0.717) is 43.1 Å². The monoisotopic (exact) mass is 375 g/mol. The smallest absolute Gasteiger partial charge is 0.309 e. The Kier molecular flexibility index (Phi) is 5.61. The zero-order valence-corrected chi connectivity index (χ0v) is 15.7. The predicted octanol–water partition coefficient (Wildman–Crippen LogP) is 3.25. The highest BCUT2D eigenvalue weighted by Crippen LogP contribution is 2.23. The molecule has 2 aromatic rings. The van der Waals surface area contributed by atoms with Gasteiger partial charge in [-0.2, -0.15) is 5.10 Å². The molecule has 6 nitrogen and oxygen atoms in total. The van der Waals surface area contributed by atoms with Gasteiger partial charge in [-0.1, -0.05) is 17.7 Å². The van der Waals surface area contributed by atoms with Gasteiger partial charge in [0.1, 0.15) is 0 Å². The number of halogens is 1. The zero-order valence-electron chi connectivity index (χ0n) is 14.9. The van der Waals surface area contributed by atoms with Gasteiger partial charge in [0.15, 0.2) is 0 Å². The van der Waals surface area contributed by atoms with E-state index >= 15 is 0 Å². The van der Waals surface area contributed by atoms with Gasteiger partial charge in [-0.25, -0.2) is 4.68 Å². The Balaban J connectivity index is 1.71. The van der Waals surface area contributed by atoms with Gasteiger partial charge in [0.2, 0.25) is 0 Å². The molecule has 1 aromatic carbocycles. The van der Waals surface area contributed by atoms with Crippen LogP contribution in [0.1, 0.15) is 35.8 Å². The van der Waals surface area contributed by atoms with Gasteiger partial charge in [0.05, 0.1) is 35.7 Å². The summed E-state index contributed by atoms with van der Waals surface area (Å²) in [4.78, 5) is 26.5. The normalized spacial score (nSPS) is 15.1. The molecule has 0 aliphatic carbocycles. The number of esters is 1. The molecule has 3 rings (SSSR count). The number of hydrogen-bond acceptors (Lipinski definition) is 4. The van der Waals surface area contributed by atoms with E-state index in [1.165, 1.54) is 0 Å². The lowest BCUT2D eigenvalue weighted by molar-refractivity contribution is -0.149. The summed E-state index contributed by atoms with van der Waals surface area (Å²) in [5, 5.41) is 4.96. The van der Waals surface area contributed by atoms with Crippen LogP contribution >= 0.6 is 11.6 Å². The fraction of sp³-hybridized carbons (Fsp3) is 0.421. The Hall–Kier alpha value is -2.34. The molecule has 26 heavy (non-hydrogen) atoms. The number of carbonyl (C=O) groups is 2. The Morgan fingerprint density at radius 2 is 2.04 bits per heavy atom. The lowest BCUT2D eigenvalue weighted by atomic mass is 9.96. The molecular formula is C19H22ClN3O3. The first-order valence-electron chi connectivity index (χ1n) is 8.77. The van der Waals surface area contributed by atoms with Crippen molar-refractivity contribution in [3.63, 3.8) is 0 Å². The lowest BCUT2D eigenvalue weighted by Gasteiger charge is -2.30. The van der Waals surface area contributed by atoms with Crippen molar-refractivity contribution >= 4 is 23.5 Å². The Morgan fingerprint density at radius 3 is 2.69 bits per heavy atom. The van der Waals surface area contributed by atoms with Gasteiger partial charge in [0.25, 0.3) is 5.91 Å². The molecule has 7 heteroatoms. The lowest BCUT2D eigenvalue weighted by Crippen LogP contribution is -2.40. The standard InChI is InChI=1S/C19H22ClN3O3/c1-3-26-19(25)14-7-9-22(10-8-14)18(24)17-12-21-23(13(17)2)16-6-4-5-15(20)11-16/h4-6,11-12,14H,3,7-10H2,1-2H3. The van der Waals surface area contributed by atoms with Crippen LogP contribution in [-0.2, 0) is 9.53 Å². The summed E-state index contributed by atoms with van der Waals surface area (Å²) in [6.07, 6.45) is 2.86. The maximum atomic E-state index is 12.9. The molecule has 1 aliphatic heterocycles. The first kappa shape index (κ1) is 18.5. The summed E-state index contributed by atoms with van der Waals surface area (Å²) < 4.78 is 6.79. The van der Waals surface area contributed by atoms with Gasteiger partial charge in [-0.05, 0) is 44.9 Å². The minimum atomic E-state index is -0.162. The van der Waals surface area contributed by atoms with Crippen LogP contribution in [0.25, 0.3) is 5.69 Å². The van der Waals surface area contributed by atoms with Crippen LogP contribution in [0, 0.1) is 12.8 Å². The summed E-state index contributed by atoms with van der Waals surface area (Å²) in [6, 6.07) is 7.34. The van der Waals surface area contributed by atoms with Crippen LogP contribution in [0.4, 0.5) is 0 Å². The summed E-state index contributed by atoms with van der Waals surface area (Å²) >= 11 is 6.05. The number of carbonyl (C=O) groups excluding carboxylic acids is 2. The Morgan fingerprint density at radius 1 is 1.31 bits per heavy atom. The SMILES string of the molecule is CCOC(=O)C1CCN(C(=O)c2cnn(-c3cccc(Cl)c3)c2C)CC1. The second kappa shape index (κ2) is 7.91. The van der Waals surface area contributed by atoms with E-state index in [4.69, 9.17) is 16.3 Å². The fourth-order valence-corrected chi connectivity index (χ4v) is 3.42. The molecule has 1 aliphatic rings. The molecule has 0 unspecified atom stereocenters. The Bertz CT molecular complexity index is 810. The second-order valence-corrected chi connectivity index (χ2v) is 6.79. The van der Waals surface area contributed by atoms with E-state index < -0.39 is 0 Å². The van der Waals surface area contributed by atoms with Crippen molar-refractivity contribution in [2.45, 2.75) is 26.7 Å². The van der Waals surface area contributed by atoms with Crippen molar-refractivity contribution in [2.24, 2.45) is 5.92 Å². The maximum absolute atomic E-state index is 12.9. The van der Waals surface area contributed by atoms with Crippen LogP contribution in [0.3, 0.4) is 0 Å². The number of nitrogens with zero attached hydrogens (tertiary/aromatic N) is 3. The molecule has 1 saturated heterocycles. The summed E-state index contributed by atoms with van der Waals surface area (Å²) in [5.74, 6) is -0.336. The molecule has 0 atom stereocenters. The third-order valence-corrected chi connectivity index (χ3v) is 4.93. The first-order valence-corrected chi connectivity index (χ1v) is 9.15. The maximum Gasteiger partial charge on any atom is 0.309 e. The molecule has 138 valence electrons. The van der Waals surface area contributed by atoms with Crippen LogP contribution in [0.15, 0.2) is 30.5 Å². The van der Waals surface area contributed by atoms with Gasteiger partial charge in [-0.15, -0.1) is 0 Å². The number of aromatic nitrogens is 2. The predicted molar refractivity (Wildman–Crippen MR) is 98.6 cm³/mol. The first-order chi connectivity index (χ1) is 12.5. The zero-order chi connectivity index (χ0) is 18.7. The van der Waals surface area contributed by atoms with Crippen LogP contribution < -0.4 is 0 Å². The molecule has 1 amide bonds. The number of benzene rings is 1. The van der Waals surface area contributed by atoms with Gasteiger partial charge < -0.3 is 9.64 Å². The van der Waals surface area contributed by atoms with E-state index in [1.807, 2.05) is 19.1 Å². The number of hydrogen-bond donors (Lipinski definition) is 0. The number of likely N-dealkylation sites (tertiary alicyclic amines) is 1. The summed E-state index contributed by atoms with van der Waals surface area (Å²) in [6.45, 7) is 5.15. The second-order valence-electron chi connectivity index (χ2n) is 6.35. The highest BCUT2D eigenvalue weighted by molar-refractivity contribution is 6.30. The number of rotatable bonds is 4. The third-order valence-electron chi connectivity index (χ3n) is 4.70. The summed E-state index contributed by atoms with van der Waals surface area (Å²) in [7, 11) is 0. The molecule has 0 bridgehead atoms. The van der Waals surface area contributed by atoms with Crippen molar-refractivity contribution in [1.29, 1.82) is 0 Å². The van der Waals surface area contributed by atoms with Crippen LogP contribution in [-0.4, -0.2) is 46.3 Å². The van der Waals surface area contributed by atoms with E-state index in [2.05, 4.69) is 5.10 Å². The average molecular weight is 376 g/mol. The highest BCUT2D eigenvalue weighted by Gasteiger charge is 2.30. The van der Waals surface area contributed by atoms with Gasteiger partial charge >= 0.3 is 5.97 Å². The Labute approximate surface area is 157 Å². The number of ether oxygens (including phenoxy) is 1. The third kappa shape index (κ3) is 3.75. The van der Waals surface area contributed by atoms with Gasteiger partial charge in [-0.3, -0.25) is 9.59 Å². The van der Waals surface area contributed by atoms with Crippen molar-refractivity contribution < 1.29 is 14.3 Å². The van der Waals surface area contributed by atoms with Gasteiger partial charge in [0, 0.05) is 18.1 Å². The van der Waals surface area contributed by atoms with Crippen LogP contribution in [0.5, 0.6) is 0 Å². The molecular weight excluding hydrogens is 354 g/mol. The average Bonchev–Trinajstić information content (AvgIpc) is 3.03. The van der Waals surface area contributed by atoms with Crippen molar-refractivity contribution in [3.05, 3.63) is 46.7 Å². The topological polar surface area (TPSA) is 64.4 Å². The fourth-order valence-electron chi connectivity index (χ4n) is 3.24. The van der Waals surface area contributed by atoms with E-state index in [9.17, 15) is 9.59 Å². The molecule has 0 radical (unpaired) electrons. The number of piperidine rings is 1. The molecule has 0 saturated carbocycles. The minimum Gasteiger partial charge on any atom is -0.466 e. The van der Waals surface area contributed by atoms with Crippen molar-refractivity contribution in [2.75, 3.05) is 19.7 Å². The minimum absolute atomic E-state index is 0.0573. The van der Waals surface area contributed by atoms with Crippen molar-refractivity contribution in [1.82, 2.24) is 14.7 Å². The summed E-state index contributed by atoms with van der Waals surface area (Å²) in [5.41, 5.74) is 2.15. The highest BCUT2D eigenvalue weighted by atomic mass is 35.5. The van der Waals surface area contributed by atoms with Crippen LogP contribution in [0.2, 0.25) is 5.02 Å². The van der Waals surface area contributed by atoms with E-state index in [0.717, 1.165) is 11.4 Å². The van der Waals surface area contributed by atoms with Crippen molar-refractivity contribution in [3.8, 4) is 5.69 Å². The largest absolute Gasteiger partial charge is 0.466 e. The molecule has 1 fully saturated rings. The quantitative estimate of drug-likeness (QED) is 0.769. The molecule has 0 N–H and O–H groups in total. The molecule has 2 heterocycles. The molecule has 0 spiro atoms.